The fraction of sp³-hybridized carbons (Fsp3) is 0.273. The number of aromatic nitrogens is 2. The first-order valence-corrected chi connectivity index (χ1v) is 9.38. The van der Waals surface area contributed by atoms with Gasteiger partial charge in [-0.3, -0.25) is 9.89 Å². The average molecular weight is 377 g/mol. The third kappa shape index (κ3) is 2.96. The third-order valence-electron chi connectivity index (χ3n) is 5.22. The summed E-state index contributed by atoms with van der Waals surface area (Å²) in [5.74, 6) is -0.0104. The van der Waals surface area contributed by atoms with Crippen molar-refractivity contribution >= 4 is 5.91 Å². The Balaban J connectivity index is 1.89. The molecule has 6 heteroatoms. The van der Waals surface area contributed by atoms with Crippen molar-refractivity contribution in [2.75, 3.05) is 13.2 Å². The number of nitrogens with one attached hydrogen (secondary N) is 1. The number of aliphatic hydroxyl groups is 1. The second-order valence-electron chi connectivity index (χ2n) is 7.27. The molecule has 1 atom stereocenters. The molecular weight excluding hydrogens is 354 g/mol. The van der Waals surface area contributed by atoms with E-state index in [1.165, 1.54) is 0 Å². The first-order chi connectivity index (χ1) is 13.5. The van der Waals surface area contributed by atoms with Crippen LogP contribution in [0, 0.1) is 13.8 Å². The molecule has 0 radical (unpaired) electrons. The zero-order valence-corrected chi connectivity index (χ0v) is 15.9. The van der Waals surface area contributed by atoms with E-state index in [1.54, 1.807) is 11.0 Å². The number of hydrogen-bond acceptors (Lipinski definition) is 4. The van der Waals surface area contributed by atoms with Gasteiger partial charge in [-0.05, 0) is 38.0 Å². The van der Waals surface area contributed by atoms with Gasteiger partial charge < -0.3 is 15.1 Å². The lowest BCUT2D eigenvalue weighted by molar-refractivity contribution is 0.0732. The number of hydrogen-bond donors (Lipinski definition) is 3. The smallest absolute Gasteiger partial charge is 0.273 e. The number of phenolic OH excluding ortho intramolecular Hbond substituents is 1. The number of aryl methyl sites for hydroxylation is 2. The van der Waals surface area contributed by atoms with E-state index in [1.807, 2.05) is 50.2 Å². The van der Waals surface area contributed by atoms with Crippen LogP contribution in [0.5, 0.6) is 5.75 Å². The second-order valence-corrected chi connectivity index (χ2v) is 7.27. The van der Waals surface area contributed by atoms with Gasteiger partial charge in [-0.25, -0.2) is 0 Å². The van der Waals surface area contributed by atoms with Crippen LogP contribution in [0.1, 0.15) is 45.2 Å². The summed E-state index contributed by atoms with van der Waals surface area (Å²) in [6.07, 6.45) is 0.497. The number of aromatic hydroxyl groups is 1. The molecular formula is C22H23N3O3. The first kappa shape index (κ1) is 18.3. The van der Waals surface area contributed by atoms with Crippen LogP contribution >= 0.6 is 0 Å². The fourth-order valence-electron chi connectivity index (χ4n) is 3.81. The number of nitrogens with zero attached hydrogens (tertiary/aromatic N) is 2. The van der Waals surface area contributed by atoms with Crippen LogP contribution in [0.4, 0.5) is 0 Å². The SMILES string of the molecule is Cc1ccc([C@@H]2c3c(-c4cc(C)ccc4O)n[nH]c3C(=O)N2CCCO)cc1. The number of fused-ring (bicyclic) bond motifs is 1. The Morgan fingerprint density at radius 1 is 1.11 bits per heavy atom. The van der Waals surface area contributed by atoms with E-state index in [4.69, 9.17) is 0 Å². The number of aromatic amines is 1. The molecule has 1 aliphatic rings. The Labute approximate surface area is 163 Å². The Bertz CT molecular complexity index is 1020. The maximum atomic E-state index is 13.1. The Kier molecular flexibility index (Phi) is 4.65. The molecule has 2 aromatic carbocycles. The molecule has 6 nitrogen and oxygen atoms in total. The van der Waals surface area contributed by atoms with Crippen LogP contribution in [0.3, 0.4) is 0 Å². The standard InChI is InChI=1S/C22H23N3O3/c1-13-4-7-15(8-5-13)21-18-19(16-12-14(2)6-9-17(16)27)23-24-20(18)22(28)25(21)10-3-11-26/h4-9,12,21,26-27H,3,10-11H2,1-2H3,(H,23,24)/t21-/m1/s1. The van der Waals surface area contributed by atoms with Crippen molar-refractivity contribution in [3.63, 3.8) is 0 Å². The molecule has 0 bridgehead atoms. The summed E-state index contributed by atoms with van der Waals surface area (Å²) in [6, 6.07) is 13.1. The van der Waals surface area contributed by atoms with Crippen LogP contribution in [0.25, 0.3) is 11.3 Å². The van der Waals surface area contributed by atoms with Gasteiger partial charge >= 0.3 is 0 Å². The summed E-state index contributed by atoms with van der Waals surface area (Å²) in [6.45, 7) is 4.43. The number of H-pyrrole nitrogens is 1. The van der Waals surface area contributed by atoms with Gasteiger partial charge in [0.1, 0.15) is 17.1 Å². The molecule has 0 unspecified atom stereocenters. The van der Waals surface area contributed by atoms with Crippen LogP contribution in [-0.4, -0.2) is 44.4 Å². The van der Waals surface area contributed by atoms with Crippen LogP contribution in [0.15, 0.2) is 42.5 Å². The Hall–Kier alpha value is -3.12. The molecule has 0 spiro atoms. The Morgan fingerprint density at radius 3 is 2.54 bits per heavy atom. The van der Waals surface area contributed by atoms with Crippen molar-refractivity contribution in [3.8, 4) is 17.0 Å². The molecule has 1 aliphatic heterocycles. The molecule has 28 heavy (non-hydrogen) atoms. The molecule has 144 valence electrons. The Morgan fingerprint density at radius 2 is 1.82 bits per heavy atom. The van der Waals surface area contributed by atoms with Crippen molar-refractivity contribution in [3.05, 3.63) is 70.4 Å². The summed E-state index contributed by atoms with van der Waals surface area (Å²) >= 11 is 0. The van der Waals surface area contributed by atoms with Gasteiger partial charge in [0.2, 0.25) is 0 Å². The molecule has 1 amide bonds. The maximum Gasteiger partial charge on any atom is 0.273 e. The normalized spacial score (nSPS) is 15.9. The first-order valence-electron chi connectivity index (χ1n) is 9.38. The minimum atomic E-state index is -0.316. The van der Waals surface area contributed by atoms with Gasteiger partial charge in [0.05, 0.1) is 6.04 Å². The van der Waals surface area contributed by atoms with Gasteiger partial charge in [0.15, 0.2) is 0 Å². The highest BCUT2D eigenvalue weighted by atomic mass is 16.3. The summed E-state index contributed by atoms with van der Waals surface area (Å²) in [5, 5.41) is 27.0. The van der Waals surface area contributed by atoms with Gasteiger partial charge in [-0.2, -0.15) is 5.10 Å². The van der Waals surface area contributed by atoms with Gasteiger partial charge in [0.25, 0.3) is 5.91 Å². The number of rotatable bonds is 5. The number of amides is 1. The molecule has 4 rings (SSSR count). The van der Waals surface area contributed by atoms with E-state index in [0.717, 1.165) is 22.3 Å². The zero-order valence-electron chi connectivity index (χ0n) is 15.9. The minimum Gasteiger partial charge on any atom is -0.507 e. The summed E-state index contributed by atoms with van der Waals surface area (Å²) in [7, 11) is 0. The largest absolute Gasteiger partial charge is 0.507 e. The van der Waals surface area contributed by atoms with E-state index in [9.17, 15) is 15.0 Å². The lowest BCUT2D eigenvalue weighted by Crippen LogP contribution is -2.31. The van der Waals surface area contributed by atoms with Crippen molar-refractivity contribution < 1.29 is 15.0 Å². The molecule has 3 aromatic rings. The summed E-state index contributed by atoms with van der Waals surface area (Å²) in [5.41, 5.74) is 5.52. The fourth-order valence-corrected chi connectivity index (χ4v) is 3.81. The van der Waals surface area contributed by atoms with E-state index in [0.29, 0.717) is 29.9 Å². The number of phenols is 1. The lowest BCUT2D eigenvalue weighted by atomic mass is 9.94. The van der Waals surface area contributed by atoms with Crippen LogP contribution < -0.4 is 0 Å². The van der Waals surface area contributed by atoms with Crippen molar-refractivity contribution in [1.82, 2.24) is 15.1 Å². The highest BCUT2D eigenvalue weighted by Gasteiger charge is 2.42. The van der Waals surface area contributed by atoms with Crippen molar-refractivity contribution in [2.24, 2.45) is 0 Å². The lowest BCUT2D eigenvalue weighted by Gasteiger charge is -2.26. The summed E-state index contributed by atoms with van der Waals surface area (Å²) in [4.78, 5) is 14.8. The third-order valence-corrected chi connectivity index (χ3v) is 5.22. The predicted octanol–water partition coefficient (Wildman–Crippen LogP) is 3.33. The minimum absolute atomic E-state index is 0.0160. The average Bonchev–Trinajstić information content (AvgIpc) is 3.22. The molecule has 0 fully saturated rings. The maximum absolute atomic E-state index is 13.1. The number of benzene rings is 2. The molecule has 0 saturated heterocycles. The van der Waals surface area contributed by atoms with E-state index in [-0.39, 0.29) is 24.3 Å². The molecule has 3 N–H and O–H groups in total. The van der Waals surface area contributed by atoms with Crippen molar-refractivity contribution in [2.45, 2.75) is 26.3 Å². The van der Waals surface area contributed by atoms with Crippen LogP contribution in [-0.2, 0) is 0 Å². The second kappa shape index (κ2) is 7.13. The van der Waals surface area contributed by atoms with Gasteiger partial charge in [-0.1, -0.05) is 41.5 Å². The van der Waals surface area contributed by atoms with E-state index < -0.39 is 0 Å². The van der Waals surface area contributed by atoms with E-state index in [2.05, 4.69) is 10.2 Å². The van der Waals surface area contributed by atoms with Gasteiger partial charge in [0, 0.05) is 24.3 Å². The van der Waals surface area contributed by atoms with Crippen LogP contribution in [0.2, 0.25) is 0 Å². The molecule has 0 aliphatic carbocycles. The molecule has 0 saturated carbocycles. The monoisotopic (exact) mass is 377 g/mol. The van der Waals surface area contributed by atoms with Gasteiger partial charge in [-0.15, -0.1) is 0 Å². The number of carbonyl (C=O) groups excluding carboxylic acids is 1. The highest BCUT2D eigenvalue weighted by molar-refractivity contribution is 6.00. The topological polar surface area (TPSA) is 89.5 Å². The zero-order chi connectivity index (χ0) is 19.8. The van der Waals surface area contributed by atoms with E-state index >= 15 is 0 Å². The highest BCUT2D eigenvalue weighted by Crippen LogP contribution is 2.44. The number of aliphatic hydroxyl groups excluding tert-OH is 1. The van der Waals surface area contributed by atoms with Crippen molar-refractivity contribution in [1.29, 1.82) is 0 Å². The summed E-state index contributed by atoms with van der Waals surface area (Å²) < 4.78 is 0. The molecule has 1 aromatic heterocycles. The molecule has 2 heterocycles. The number of carbonyl (C=O) groups is 1. The quantitative estimate of drug-likeness (QED) is 0.636. The predicted molar refractivity (Wildman–Crippen MR) is 106 cm³/mol.